The minimum absolute atomic E-state index is 0.0385. The van der Waals surface area contributed by atoms with Crippen molar-refractivity contribution < 1.29 is 14.6 Å². The molecule has 58 heavy (non-hydrogen) atoms. The Kier molecular flexibility index (Phi) is 12.2. The van der Waals surface area contributed by atoms with E-state index in [9.17, 15) is 14.7 Å². The van der Waals surface area contributed by atoms with Crippen molar-refractivity contribution in [3.05, 3.63) is 126 Å². The highest BCUT2D eigenvalue weighted by Crippen LogP contribution is 2.45. The summed E-state index contributed by atoms with van der Waals surface area (Å²) in [5, 5.41) is 14.1. The van der Waals surface area contributed by atoms with Gasteiger partial charge < -0.3 is 14.6 Å². The van der Waals surface area contributed by atoms with Crippen molar-refractivity contribution in [1.82, 2.24) is 0 Å². The summed E-state index contributed by atoms with van der Waals surface area (Å²) in [5.74, 6) is 1.39. The molecule has 0 aliphatic carbocycles. The van der Waals surface area contributed by atoms with Crippen LogP contribution >= 0.6 is 22.7 Å². The third-order valence-electron chi connectivity index (χ3n) is 11.3. The SMILES string of the molecule is CCc1cc(C)ccc1-c1cc2ccc(OC(C)(C)CC(C)(C)C(O)C(C)(C)CC(C)(C)Oc3ccc4cc(-c5ccc(C)cc5CC)c(=O)sc4c3)cc2sc1=O. The summed E-state index contributed by atoms with van der Waals surface area (Å²) >= 11 is 2.51. The summed E-state index contributed by atoms with van der Waals surface area (Å²) in [7, 11) is 0. The van der Waals surface area contributed by atoms with Crippen molar-refractivity contribution in [1.29, 1.82) is 0 Å². The Morgan fingerprint density at radius 2 is 0.914 bits per heavy atom. The summed E-state index contributed by atoms with van der Waals surface area (Å²) in [6, 6.07) is 28.6. The second kappa shape index (κ2) is 16.4. The van der Waals surface area contributed by atoms with Gasteiger partial charge in [-0.05, 0) is 160 Å². The molecule has 1 N–H and O–H groups in total. The second-order valence-corrected chi connectivity index (χ2v) is 20.8. The van der Waals surface area contributed by atoms with Crippen molar-refractivity contribution in [3.8, 4) is 33.8 Å². The van der Waals surface area contributed by atoms with Gasteiger partial charge >= 0.3 is 0 Å². The molecule has 0 fully saturated rings. The first-order valence-electron chi connectivity index (χ1n) is 20.5. The van der Waals surface area contributed by atoms with Crippen LogP contribution in [0.5, 0.6) is 11.5 Å². The monoisotopic (exact) mass is 816 g/mol. The number of hydrogen-bond acceptors (Lipinski definition) is 7. The van der Waals surface area contributed by atoms with E-state index in [1.807, 2.05) is 48.5 Å². The topological polar surface area (TPSA) is 72.8 Å². The predicted octanol–water partition coefficient (Wildman–Crippen LogP) is 13.1. The summed E-state index contributed by atoms with van der Waals surface area (Å²) in [6.07, 6.45) is 2.21. The fourth-order valence-electron chi connectivity index (χ4n) is 9.40. The summed E-state index contributed by atoms with van der Waals surface area (Å²) in [4.78, 5) is 26.8. The van der Waals surface area contributed by atoms with Gasteiger partial charge in [-0.15, -0.1) is 0 Å². The van der Waals surface area contributed by atoms with Gasteiger partial charge in [-0.3, -0.25) is 9.59 Å². The maximum Gasteiger partial charge on any atom is 0.240 e. The van der Waals surface area contributed by atoms with Crippen molar-refractivity contribution in [3.63, 3.8) is 0 Å². The first-order chi connectivity index (χ1) is 27.1. The number of ether oxygens (including phenoxy) is 2. The molecule has 0 atom stereocenters. The van der Waals surface area contributed by atoms with Crippen LogP contribution in [-0.2, 0) is 12.8 Å². The van der Waals surface area contributed by atoms with Crippen LogP contribution in [0.25, 0.3) is 42.4 Å². The van der Waals surface area contributed by atoms with Crippen LogP contribution in [0.1, 0.15) is 104 Å². The quantitative estimate of drug-likeness (QED) is 0.119. The minimum Gasteiger partial charge on any atom is -0.488 e. The van der Waals surface area contributed by atoms with Crippen LogP contribution in [0.4, 0.5) is 0 Å². The number of aliphatic hydroxyl groups is 1. The van der Waals surface area contributed by atoms with E-state index >= 15 is 0 Å². The van der Waals surface area contributed by atoms with Gasteiger partial charge in [-0.1, -0.05) is 112 Å². The average molecular weight is 817 g/mol. The Morgan fingerprint density at radius 1 is 0.534 bits per heavy atom. The molecule has 0 radical (unpaired) electrons. The van der Waals surface area contributed by atoms with E-state index in [4.69, 9.17) is 9.47 Å². The normalized spacial score (nSPS) is 12.8. The number of aliphatic hydroxyl groups excluding tert-OH is 1. The van der Waals surface area contributed by atoms with E-state index in [0.717, 1.165) is 55.3 Å². The number of benzene rings is 4. The smallest absolute Gasteiger partial charge is 0.240 e. The highest BCUT2D eigenvalue weighted by molar-refractivity contribution is 7.16. The Labute approximate surface area is 352 Å². The molecule has 0 saturated heterocycles. The van der Waals surface area contributed by atoms with Gasteiger partial charge in [0.1, 0.15) is 22.7 Å². The van der Waals surface area contributed by atoms with Crippen LogP contribution in [-0.4, -0.2) is 22.4 Å². The standard InChI is InChI=1S/C51H60O5S2/c1-13-33-23-31(3)15-21-39(33)41-25-35-17-19-37(27-43(35)57-45(41)52)55-50(9,10)29-48(5,6)47(54)49(7,8)30-51(11,12)56-38-20-18-36-26-42(46(53)58-44(36)28-38)40-22-16-32(4)24-34(40)14-2/h15-28,47,54H,13-14,29-30H2,1-12H3. The molecule has 0 bridgehead atoms. The molecule has 0 spiro atoms. The number of aryl methyl sites for hydroxylation is 4. The lowest BCUT2D eigenvalue weighted by atomic mass is 9.65. The molecular formula is C51H60O5S2. The highest BCUT2D eigenvalue weighted by atomic mass is 32.1. The first kappa shape index (κ1) is 43.3. The summed E-state index contributed by atoms with van der Waals surface area (Å²) in [5.41, 5.74) is 5.95. The molecule has 5 nitrogen and oxygen atoms in total. The van der Waals surface area contributed by atoms with Gasteiger partial charge in [0.15, 0.2) is 0 Å². The summed E-state index contributed by atoms with van der Waals surface area (Å²) in [6.45, 7) is 25.0. The Morgan fingerprint density at radius 3 is 1.28 bits per heavy atom. The minimum atomic E-state index is -0.684. The Balaban J connectivity index is 1.14. The zero-order chi connectivity index (χ0) is 42.4. The van der Waals surface area contributed by atoms with Crippen LogP contribution in [0.2, 0.25) is 0 Å². The van der Waals surface area contributed by atoms with Crippen molar-refractivity contribution >= 4 is 42.8 Å². The molecular weight excluding hydrogens is 757 g/mol. The molecule has 0 saturated carbocycles. The van der Waals surface area contributed by atoms with Crippen molar-refractivity contribution in [2.24, 2.45) is 10.8 Å². The third-order valence-corrected chi connectivity index (χ3v) is 13.3. The summed E-state index contributed by atoms with van der Waals surface area (Å²) < 4.78 is 15.1. The lowest BCUT2D eigenvalue weighted by Gasteiger charge is -2.46. The number of rotatable bonds is 14. The van der Waals surface area contributed by atoms with Gasteiger partial charge in [0.25, 0.3) is 0 Å². The van der Waals surface area contributed by atoms with E-state index in [-0.39, 0.29) is 9.48 Å². The van der Waals surface area contributed by atoms with E-state index in [1.165, 1.54) is 44.9 Å². The molecule has 2 aromatic heterocycles. The lowest BCUT2D eigenvalue weighted by Crippen LogP contribution is -2.49. The Bertz CT molecular complexity index is 2410. The van der Waals surface area contributed by atoms with Crippen LogP contribution in [0, 0.1) is 24.7 Å². The molecule has 4 aromatic carbocycles. The molecule has 306 valence electrons. The zero-order valence-electron chi connectivity index (χ0n) is 36.4. The van der Waals surface area contributed by atoms with Gasteiger partial charge in [0.2, 0.25) is 9.48 Å². The molecule has 0 unspecified atom stereocenters. The maximum absolute atomic E-state index is 13.4. The molecule has 6 rings (SSSR count). The van der Waals surface area contributed by atoms with Crippen LogP contribution in [0.3, 0.4) is 0 Å². The number of hydrogen-bond donors (Lipinski definition) is 1. The van der Waals surface area contributed by atoms with Gasteiger partial charge in [0.05, 0.1) is 6.10 Å². The third kappa shape index (κ3) is 9.59. The molecule has 6 aromatic rings. The van der Waals surface area contributed by atoms with E-state index in [0.29, 0.717) is 24.3 Å². The first-order valence-corrected chi connectivity index (χ1v) is 22.2. The second-order valence-electron chi connectivity index (χ2n) is 18.8. The molecule has 0 amide bonds. The van der Waals surface area contributed by atoms with E-state index < -0.39 is 28.1 Å². The average Bonchev–Trinajstić information content (AvgIpc) is 3.12. The molecule has 7 heteroatoms. The largest absolute Gasteiger partial charge is 0.488 e. The molecule has 0 aliphatic rings. The highest BCUT2D eigenvalue weighted by Gasteiger charge is 2.45. The maximum atomic E-state index is 13.4. The van der Waals surface area contributed by atoms with E-state index in [1.54, 1.807) is 0 Å². The predicted molar refractivity (Wildman–Crippen MR) is 248 cm³/mol. The van der Waals surface area contributed by atoms with Gasteiger partial charge in [-0.25, -0.2) is 0 Å². The fraction of sp³-hybridized carbons (Fsp3) is 0.412. The van der Waals surface area contributed by atoms with Crippen LogP contribution < -0.4 is 19.0 Å². The van der Waals surface area contributed by atoms with Gasteiger partial charge in [-0.2, -0.15) is 0 Å². The van der Waals surface area contributed by atoms with Crippen molar-refractivity contribution in [2.45, 2.75) is 126 Å². The molecule has 0 aliphatic heterocycles. The van der Waals surface area contributed by atoms with Crippen molar-refractivity contribution in [2.75, 3.05) is 0 Å². The molecule has 2 heterocycles. The fourth-order valence-corrected chi connectivity index (χ4v) is 11.2. The number of fused-ring (bicyclic) bond motifs is 2. The van der Waals surface area contributed by atoms with E-state index in [2.05, 4.69) is 119 Å². The Hall–Kier alpha value is -4.30. The zero-order valence-corrected chi connectivity index (χ0v) is 38.0. The van der Waals surface area contributed by atoms with Gasteiger partial charge in [0, 0.05) is 20.5 Å². The van der Waals surface area contributed by atoms with Crippen LogP contribution in [0.15, 0.2) is 94.5 Å². The lowest BCUT2D eigenvalue weighted by molar-refractivity contribution is -0.0937.